The fraction of sp³-hybridized carbons (Fsp3) is 0.0667. The molecule has 0 fully saturated rings. The number of para-hydroxylation sites is 1. The second-order valence-corrected chi connectivity index (χ2v) is 6.71. The zero-order valence-electron chi connectivity index (χ0n) is 11.4. The van der Waals surface area contributed by atoms with Gasteiger partial charge in [0.2, 0.25) is 5.13 Å². The predicted molar refractivity (Wildman–Crippen MR) is 96.9 cm³/mol. The van der Waals surface area contributed by atoms with Crippen LogP contribution in [-0.2, 0) is 0 Å². The Hall–Kier alpha value is -1.33. The molecular formula is C15H10Cl3N3S. The topological polar surface area (TPSA) is 37.3 Å². The monoisotopic (exact) mass is 369 g/mol. The van der Waals surface area contributed by atoms with Crippen molar-refractivity contribution >= 4 is 67.2 Å². The minimum absolute atomic E-state index is 0.329. The van der Waals surface area contributed by atoms with Crippen molar-refractivity contribution in [2.45, 2.75) is 6.92 Å². The highest BCUT2D eigenvalue weighted by Gasteiger charge is 2.11. The lowest BCUT2D eigenvalue weighted by Crippen LogP contribution is -2.00. The number of hydrazone groups is 1. The summed E-state index contributed by atoms with van der Waals surface area (Å²) in [5.41, 5.74) is 5.32. The Kier molecular flexibility index (Phi) is 4.54. The van der Waals surface area contributed by atoms with Crippen molar-refractivity contribution in [3.8, 4) is 0 Å². The number of nitrogens with zero attached hydrogens (tertiary/aromatic N) is 2. The van der Waals surface area contributed by atoms with Crippen LogP contribution in [0.2, 0.25) is 15.1 Å². The third-order valence-electron chi connectivity index (χ3n) is 3.04. The molecule has 112 valence electrons. The summed E-state index contributed by atoms with van der Waals surface area (Å²) in [5, 5.41) is 6.18. The van der Waals surface area contributed by atoms with E-state index in [4.69, 9.17) is 34.8 Å². The van der Waals surface area contributed by atoms with E-state index in [0.717, 1.165) is 20.9 Å². The first-order valence-corrected chi connectivity index (χ1v) is 8.31. The minimum Gasteiger partial charge on any atom is -0.252 e. The summed E-state index contributed by atoms with van der Waals surface area (Å²) in [5.74, 6) is 0. The number of hydrogen-bond acceptors (Lipinski definition) is 4. The number of rotatable bonds is 3. The molecule has 3 rings (SSSR count). The van der Waals surface area contributed by atoms with Crippen LogP contribution in [0.3, 0.4) is 0 Å². The van der Waals surface area contributed by atoms with E-state index in [-0.39, 0.29) is 0 Å². The second kappa shape index (κ2) is 6.42. The molecule has 0 atom stereocenters. The maximum atomic E-state index is 6.20. The summed E-state index contributed by atoms with van der Waals surface area (Å²) in [6.07, 6.45) is 0. The van der Waals surface area contributed by atoms with Crippen LogP contribution >= 0.6 is 46.1 Å². The number of anilines is 1. The van der Waals surface area contributed by atoms with Gasteiger partial charge in [-0.3, -0.25) is 5.43 Å². The van der Waals surface area contributed by atoms with Crippen molar-refractivity contribution in [1.29, 1.82) is 0 Å². The fourth-order valence-electron chi connectivity index (χ4n) is 1.92. The zero-order chi connectivity index (χ0) is 15.7. The van der Waals surface area contributed by atoms with E-state index in [1.54, 1.807) is 12.1 Å². The van der Waals surface area contributed by atoms with Gasteiger partial charge in [-0.2, -0.15) is 5.10 Å². The van der Waals surface area contributed by atoms with E-state index in [1.807, 2.05) is 31.2 Å². The number of benzene rings is 2. The van der Waals surface area contributed by atoms with Crippen molar-refractivity contribution in [1.82, 2.24) is 4.98 Å². The van der Waals surface area contributed by atoms with Gasteiger partial charge in [0, 0.05) is 5.56 Å². The lowest BCUT2D eigenvalue weighted by Gasteiger charge is -2.06. The quantitative estimate of drug-likeness (QED) is 0.344. The third kappa shape index (κ3) is 3.06. The smallest absolute Gasteiger partial charge is 0.204 e. The molecule has 0 aliphatic carbocycles. The first-order chi connectivity index (χ1) is 10.6. The molecule has 0 saturated heterocycles. The van der Waals surface area contributed by atoms with Gasteiger partial charge in [-0.1, -0.05) is 64.3 Å². The van der Waals surface area contributed by atoms with Gasteiger partial charge in [-0.05, 0) is 25.1 Å². The number of aromatic nitrogens is 1. The molecule has 0 aliphatic heterocycles. The summed E-state index contributed by atoms with van der Waals surface area (Å²) in [6, 6.07) is 11.4. The van der Waals surface area contributed by atoms with Gasteiger partial charge in [0.1, 0.15) is 0 Å². The van der Waals surface area contributed by atoms with Crippen molar-refractivity contribution in [3.63, 3.8) is 0 Å². The van der Waals surface area contributed by atoms with Gasteiger partial charge in [-0.25, -0.2) is 4.98 Å². The first kappa shape index (κ1) is 15.6. The summed E-state index contributed by atoms with van der Waals surface area (Å²) < 4.78 is 1.10. The predicted octanol–water partition coefficient (Wildman–Crippen LogP) is 6.09. The maximum Gasteiger partial charge on any atom is 0.204 e. The number of halogens is 3. The van der Waals surface area contributed by atoms with E-state index in [9.17, 15) is 0 Å². The van der Waals surface area contributed by atoms with Crippen LogP contribution in [0.1, 0.15) is 12.5 Å². The van der Waals surface area contributed by atoms with Gasteiger partial charge >= 0.3 is 0 Å². The average Bonchev–Trinajstić information content (AvgIpc) is 2.93. The van der Waals surface area contributed by atoms with E-state index < -0.39 is 0 Å². The lowest BCUT2D eigenvalue weighted by atomic mass is 10.1. The van der Waals surface area contributed by atoms with E-state index in [1.165, 1.54) is 11.3 Å². The molecule has 1 aromatic heterocycles. The SMILES string of the molecule is C/C(=N\Nc1nc2ccccc2s1)c1ccc(Cl)c(Cl)c1Cl. The number of hydrogen-bond donors (Lipinski definition) is 1. The van der Waals surface area contributed by atoms with E-state index in [0.29, 0.717) is 20.8 Å². The molecule has 0 amide bonds. The Balaban J connectivity index is 1.87. The molecule has 0 spiro atoms. The largest absolute Gasteiger partial charge is 0.252 e. The highest BCUT2D eigenvalue weighted by Crippen LogP contribution is 2.33. The molecule has 0 radical (unpaired) electrons. The van der Waals surface area contributed by atoms with Crippen LogP contribution in [0, 0.1) is 0 Å². The fourth-order valence-corrected chi connectivity index (χ4v) is 3.40. The Morgan fingerprint density at radius 1 is 1.09 bits per heavy atom. The third-order valence-corrected chi connectivity index (χ3v) is 5.27. The average molecular weight is 371 g/mol. The standard InChI is InChI=1S/C15H10Cl3N3S/c1-8(9-6-7-10(16)14(18)13(9)17)20-21-15-19-11-4-2-3-5-12(11)22-15/h2-7H,1H3,(H,19,21)/b20-8+. The number of nitrogens with one attached hydrogen (secondary N) is 1. The molecule has 0 aliphatic rings. The minimum atomic E-state index is 0.329. The molecule has 1 heterocycles. The summed E-state index contributed by atoms with van der Waals surface area (Å²) in [6.45, 7) is 1.84. The van der Waals surface area contributed by atoms with Gasteiger partial charge < -0.3 is 0 Å². The number of fused-ring (bicyclic) bond motifs is 1. The lowest BCUT2D eigenvalue weighted by molar-refractivity contribution is 1.29. The molecule has 2 aromatic carbocycles. The Morgan fingerprint density at radius 2 is 1.86 bits per heavy atom. The van der Waals surface area contributed by atoms with Crippen LogP contribution in [0.5, 0.6) is 0 Å². The molecular weight excluding hydrogens is 361 g/mol. The van der Waals surface area contributed by atoms with Crippen molar-refractivity contribution in [2.75, 3.05) is 5.43 Å². The van der Waals surface area contributed by atoms with Crippen LogP contribution < -0.4 is 5.43 Å². The van der Waals surface area contributed by atoms with Gasteiger partial charge in [0.15, 0.2) is 0 Å². The normalized spacial score (nSPS) is 11.9. The van der Waals surface area contributed by atoms with Crippen LogP contribution in [0.4, 0.5) is 5.13 Å². The van der Waals surface area contributed by atoms with Crippen LogP contribution in [-0.4, -0.2) is 10.7 Å². The molecule has 0 bridgehead atoms. The van der Waals surface area contributed by atoms with Gasteiger partial charge in [0.25, 0.3) is 0 Å². The molecule has 3 nitrogen and oxygen atoms in total. The van der Waals surface area contributed by atoms with Crippen LogP contribution in [0.25, 0.3) is 10.2 Å². The molecule has 3 aromatic rings. The highest BCUT2D eigenvalue weighted by atomic mass is 35.5. The molecule has 0 unspecified atom stereocenters. The molecule has 0 saturated carbocycles. The van der Waals surface area contributed by atoms with Crippen molar-refractivity contribution in [2.24, 2.45) is 5.10 Å². The first-order valence-electron chi connectivity index (χ1n) is 6.36. The van der Waals surface area contributed by atoms with Gasteiger partial charge in [-0.15, -0.1) is 0 Å². The molecule has 7 heteroatoms. The van der Waals surface area contributed by atoms with Gasteiger partial charge in [0.05, 0.1) is 31.0 Å². The molecule has 1 N–H and O–H groups in total. The Morgan fingerprint density at radius 3 is 2.64 bits per heavy atom. The highest BCUT2D eigenvalue weighted by molar-refractivity contribution is 7.22. The van der Waals surface area contributed by atoms with E-state index >= 15 is 0 Å². The summed E-state index contributed by atoms with van der Waals surface area (Å²) in [4.78, 5) is 4.45. The van der Waals surface area contributed by atoms with Crippen LogP contribution in [0.15, 0.2) is 41.5 Å². The van der Waals surface area contributed by atoms with Crippen molar-refractivity contribution < 1.29 is 0 Å². The summed E-state index contributed by atoms with van der Waals surface area (Å²) >= 11 is 19.7. The Bertz CT molecular complexity index is 841. The second-order valence-electron chi connectivity index (χ2n) is 4.52. The zero-order valence-corrected chi connectivity index (χ0v) is 14.5. The molecule has 22 heavy (non-hydrogen) atoms. The van der Waals surface area contributed by atoms with Crippen molar-refractivity contribution in [3.05, 3.63) is 57.0 Å². The number of thiazole rings is 1. The summed E-state index contributed by atoms with van der Waals surface area (Å²) in [7, 11) is 0. The maximum absolute atomic E-state index is 6.20. The van der Waals surface area contributed by atoms with E-state index in [2.05, 4.69) is 15.5 Å². The Labute approximate surface area is 146 Å².